The molecule has 4 rings (SSSR count). The van der Waals surface area contributed by atoms with Crippen LogP contribution in [0.2, 0.25) is 0 Å². The minimum absolute atomic E-state index is 0.197. The maximum Gasteiger partial charge on any atom is 0.274 e. The topological polar surface area (TPSA) is 141 Å². The van der Waals surface area contributed by atoms with Gasteiger partial charge in [0.1, 0.15) is 11.9 Å². The molecule has 3 heterocycles. The Morgan fingerprint density at radius 2 is 1.90 bits per heavy atom. The average molecular weight is 422 g/mol. The highest BCUT2D eigenvalue weighted by molar-refractivity contribution is 5.98. The first-order valence-corrected chi connectivity index (χ1v) is 10.8. The van der Waals surface area contributed by atoms with E-state index in [1.807, 2.05) is 6.07 Å². The molecule has 31 heavy (non-hydrogen) atoms. The van der Waals surface area contributed by atoms with Gasteiger partial charge in [-0.2, -0.15) is 5.26 Å². The van der Waals surface area contributed by atoms with Crippen LogP contribution in [0.3, 0.4) is 0 Å². The minimum atomic E-state index is -0.197. The van der Waals surface area contributed by atoms with Crippen LogP contribution in [-0.2, 0) is 0 Å². The van der Waals surface area contributed by atoms with Crippen LogP contribution in [0.25, 0.3) is 0 Å². The van der Waals surface area contributed by atoms with Crippen molar-refractivity contribution in [2.24, 2.45) is 5.92 Å². The summed E-state index contributed by atoms with van der Waals surface area (Å²) in [7, 11) is 0. The van der Waals surface area contributed by atoms with Gasteiger partial charge in [-0.05, 0) is 44.7 Å². The SMILES string of the molecule is N#Cc1cnc(Nc2cc(NCC3CCNCC3)c(C(=O)NC3CCCC3)nn2)cn1. The van der Waals surface area contributed by atoms with Gasteiger partial charge >= 0.3 is 0 Å². The van der Waals surface area contributed by atoms with Crippen molar-refractivity contribution in [3.8, 4) is 6.07 Å². The molecule has 0 unspecified atom stereocenters. The first-order valence-electron chi connectivity index (χ1n) is 10.8. The number of aromatic nitrogens is 4. The minimum Gasteiger partial charge on any atom is -0.383 e. The zero-order valence-corrected chi connectivity index (χ0v) is 17.4. The van der Waals surface area contributed by atoms with E-state index in [9.17, 15) is 4.79 Å². The number of hydrogen-bond donors (Lipinski definition) is 4. The third-order valence-corrected chi connectivity index (χ3v) is 5.76. The lowest BCUT2D eigenvalue weighted by Crippen LogP contribution is -2.34. The smallest absolute Gasteiger partial charge is 0.274 e. The van der Waals surface area contributed by atoms with Crippen molar-refractivity contribution in [3.63, 3.8) is 0 Å². The van der Waals surface area contributed by atoms with E-state index in [1.165, 1.54) is 12.4 Å². The summed E-state index contributed by atoms with van der Waals surface area (Å²) in [4.78, 5) is 21.0. The second-order valence-corrected chi connectivity index (χ2v) is 8.04. The molecule has 1 saturated carbocycles. The molecule has 162 valence electrons. The molecule has 0 atom stereocenters. The summed E-state index contributed by atoms with van der Waals surface area (Å²) in [6, 6.07) is 3.92. The van der Waals surface area contributed by atoms with E-state index in [2.05, 4.69) is 41.4 Å². The lowest BCUT2D eigenvalue weighted by atomic mass is 9.98. The van der Waals surface area contributed by atoms with Gasteiger partial charge in [0.05, 0.1) is 18.1 Å². The summed E-state index contributed by atoms with van der Waals surface area (Å²) in [5.74, 6) is 1.24. The lowest BCUT2D eigenvalue weighted by molar-refractivity contribution is 0.0932. The van der Waals surface area contributed by atoms with E-state index in [0.717, 1.165) is 58.2 Å². The molecule has 10 nitrogen and oxygen atoms in total. The molecule has 1 saturated heterocycles. The molecule has 4 N–H and O–H groups in total. The van der Waals surface area contributed by atoms with Crippen molar-refractivity contribution < 1.29 is 4.79 Å². The highest BCUT2D eigenvalue weighted by atomic mass is 16.2. The van der Waals surface area contributed by atoms with Crippen molar-refractivity contribution >= 4 is 23.2 Å². The fraction of sp³-hybridized carbons (Fsp3) is 0.524. The van der Waals surface area contributed by atoms with Gasteiger partial charge in [-0.25, -0.2) is 9.97 Å². The van der Waals surface area contributed by atoms with Crippen LogP contribution in [0.15, 0.2) is 18.5 Å². The summed E-state index contributed by atoms with van der Waals surface area (Å²) in [6.07, 6.45) is 9.35. The number of piperidine rings is 1. The molecule has 0 aromatic carbocycles. The molecule has 2 aromatic heterocycles. The normalized spacial score (nSPS) is 17.1. The molecule has 2 fully saturated rings. The molecular weight excluding hydrogens is 394 g/mol. The number of hydrogen-bond acceptors (Lipinski definition) is 9. The molecular formula is C21H27N9O. The summed E-state index contributed by atoms with van der Waals surface area (Å²) >= 11 is 0. The standard InChI is InChI=1S/C21H27N9O/c22-10-16-12-26-19(13-24-16)28-18-9-17(25-11-14-5-7-23-8-6-14)20(30-29-18)21(31)27-15-3-1-2-4-15/h9,12-15,23H,1-8,11H2,(H,27,31)(H2,25,26,28,29). The number of rotatable bonds is 7. The Hall–Kier alpha value is -3.32. The van der Waals surface area contributed by atoms with Crippen LogP contribution < -0.4 is 21.3 Å². The van der Waals surface area contributed by atoms with E-state index in [4.69, 9.17) is 5.26 Å². The zero-order valence-electron chi connectivity index (χ0n) is 17.4. The fourth-order valence-electron chi connectivity index (χ4n) is 4.00. The van der Waals surface area contributed by atoms with E-state index in [-0.39, 0.29) is 17.6 Å². The monoisotopic (exact) mass is 421 g/mol. The Morgan fingerprint density at radius 1 is 1.10 bits per heavy atom. The average Bonchev–Trinajstić information content (AvgIpc) is 3.32. The van der Waals surface area contributed by atoms with Crippen LogP contribution in [0.4, 0.5) is 17.3 Å². The van der Waals surface area contributed by atoms with Crippen LogP contribution >= 0.6 is 0 Å². The first-order chi connectivity index (χ1) is 15.2. The predicted molar refractivity (Wildman–Crippen MR) is 116 cm³/mol. The Bertz CT molecular complexity index is 929. The van der Waals surface area contributed by atoms with Crippen LogP contribution in [-0.4, -0.2) is 51.7 Å². The number of nitriles is 1. The Labute approximate surface area is 181 Å². The second kappa shape index (κ2) is 10.1. The third kappa shape index (κ3) is 5.64. The molecule has 1 aliphatic carbocycles. The van der Waals surface area contributed by atoms with Gasteiger partial charge in [-0.3, -0.25) is 4.79 Å². The number of nitrogens with one attached hydrogen (secondary N) is 4. The molecule has 2 aliphatic rings. The molecule has 2 aromatic rings. The summed E-state index contributed by atoms with van der Waals surface area (Å²) < 4.78 is 0. The molecule has 1 aliphatic heterocycles. The van der Waals surface area contributed by atoms with E-state index in [1.54, 1.807) is 6.07 Å². The van der Waals surface area contributed by atoms with E-state index >= 15 is 0 Å². The van der Waals surface area contributed by atoms with Gasteiger partial charge < -0.3 is 21.3 Å². The van der Waals surface area contributed by atoms with Crippen LogP contribution in [0.5, 0.6) is 0 Å². The van der Waals surface area contributed by atoms with Gasteiger partial charge in [-0.15, -0.1) is 10.2 Å². The number of carbonyl (C=O) groups is 1. The quantitative estimate of drug-likeness (QED) is 0.528. The molecule has 1 amide bonds. The van der Waals surface area contributed by atoms with Gasteiger partial charge in [0.15, 0.2) is 17.2 Å². The molecule has 0 radical (unpaired) electrons. The third-order valence-electron chi connectivity index (χ3n) is 5.76. The molecule has 0 bridgehead atoms. The Balaban J connectivity index is 1.50. The maximum absolute atomic E-state index is 12.9. The van der Waals surface area contributed by atoms with Crippen LogP contribution in [0.1, 0.15) is 54.7 Å². The number of nitrogens with zero attached hydrogens (tertiary/aromatic N) is 5. The second-order valence-electron chi connectivity index (χ2n) is 8.04. The Morgan fingerprint density at radius 3 is 2.61 bits per heavy atom. The van der Waals surface area contributed by atoms with Crippen LogP contribution in [0, 0.1) is 17.2 Å². The number of anilines is 3. The number of amides is 1. The van der Waals surface area contributed by atoms with E-state index in [0.29, 0.717) is 28.9 Å². The van der Waals surface area contributed by atoms with Gasteiger partial charge in [-0.1, -0.05) is 12.8 Å². The molecule has 10 heteroatoms. The summed E-state index contributed by atoms with van der Waals surface area (Å²) in [5.41, 5.74) is 1.19. The highest BCUT2D eigenvalue weighted by Crippen LogP contribution is 2.23. The zero-order chi connectivity index (χ0) is 21.5. The highest BCUT2D eigenvalue weighted by Gasteiger charge is 2.22. The molecule has 0 spiro atoms. The van der Waals surface area contributed by atoms with Gasteiger partial charge in [0.25, 0.3) is 5.91 Å². The first kappa shape index (κ1) is 20.9. The Kier molecular flexibility index (Phi) is 6.84. The fourth-order valence-corrected chi connectivity index (χ4v) is 4.00. The van der Waals surface area contributed by atoms with Gasteiger partial charge in [0.2, 0.25) is 0 Å². The van der Waals surface area contributed by atoms with Crippen molar-refractivity contribution in [2.75, 3.05) is 30.3 Å². The van der Waals surface area contributed by atoms with Crippen molar-refractivity contribution in [1.82, 2.24) is 30.8 Å². The predicted octanol–water partition coefficient (Wildman–Crippen LogP) is 1.97. The maximum atomic E-state index is 12.9. The largest absolute Gasteiger partial charge is 0.383 e. The summed E-state index contributed by atoms with van der Waals surface area (Å²) in [6.45, 7) is 2.80. The van der Waals surface area contributed by atoms with Gasteiger partial charge in [0, 0.05) is 18.7 Å². The summed E-state index contributed by atoms with van der Waals surface area (Å²) in [5, 5.41) is 30.2. The van der Waals surface area contributed by atoms with E-state index < -0.39 is 0 Å². The van der Waals surface area contributed by atoms with Crippen molar-refractivity contribution in [3.05, 3.63) is 29.8 Å². The van der Waals surface area contributed by atoms with Crippen molar-refractivity contribution in [2.45, 2.75) is 44.6 Å². The lowest BCUT2D eigenvalue weighted by Gasteiger charge is -2.24. The van der Waals surface area contributed by atoms with Crippen molar-refractivity contribution in [1.29, 1.82) is 5.26 Å². The number of carbonyl (C=O) groups excluding carboxylic acids is 1.